The van der Waals surface area contributed by atoms with Crippen LogP contribution in [-0.2, 0) is 11.3 Å². The minimum absolute atomic E-state index is 0.155. The van der Waals surface area contributed by atoms with Crippen molar-refractivity contribution in [3.8, 4) is 22.5 Å². The third-order valence-corrected chi connectivity index (χ3v) is 4.77. The number of amides is 1. The summed E-state index contributed by atoms with van der Waals surface area (Å²) in [6.45, 7) is 11.2. The highest BCUT2D eigenvalue weighted by molar-refractivity contribution is 5.90. The molecule has 0 radical (unpaired) electrons. The van der Waals surface area contributed by atoms with E-state index >= 15 is 0 Å². The van der Waals surface area contributed by atoms with Gasteiger partial charge in [-0.3, -0.25) is 19.7 Å². The Morgan fingerprint density at radius 2 is 1.82 bits per heavy atom. The maximum atomic E-state index is 12.6. The molecule has 4 aromatic rings. The van der Waals surface area contributed by atoms with E-state index in [9.17, 15) is 4.79 Å². The van der Waals surface area contributed by atoms with E-state index in [1.807, 2.05) is 50.5 Å². The van der Waals surface area contributed by atoms with Crippen molar-refractivity contribution in [2.24, 2.45) is 0 Å². The second-order valence-corrected chi connectivity index (χ2v) is 7.34. The van der Waals surface area contributed by atoms with Crippen LogP contribution >= 0.6 is 0 Å². The first-order valence-corrected chi connectivity index (χ1v) is 10.5. The molecule has 0 bridgehead atoms. The first-order chi connectivity index (χ1) is 15.9. The lowest BCUT2D eigenvalue weighted by molar-refractivity contribution is -0.116. The maximum Gasteiger partial charge on any atom is 0.245 e. The fraction of sp³-hybridized carbons (Fsp3) is 0.200. The van der Waals surface area contributed by atoms with Gasteiger partial charge in [0.1, 0.15) is 18.2 Å². The molecule has 0 unspecified atom stereocenters. The van der Waals surface area contributed by atoms with Crippen LogP contribution in [0.2, 0.25) is 0 Å². The molecule has 33 heavy (non-hydrogen) atoms. The van der Waals surface area contributed by atoms with E-state index in [4.69, 9.17) is 0 Å². The van der Waals surface area contributed by atoms with Crippen LogP contribution in [0, 0.1) is 20.8 Å². The summed E-state index contributed by atoms with van der Waals surface area (Å²) in [5.41, 5.74) is 5.26. The molecule has 0 atom stereocenters. The molecule has 0 aliphatic carbocycles. The molecular weight excluding hydrogens is 414 g/mol. The number of nitrogens with zero attached hydrogens (tertiary/aromatic N) is 6. The standard InChI is InChI=1S/C22H21N7O.C3H6/c1-14-10-17(6-7-24-14)22-15(2)29(16(3)27-22)13-21(30)28-20-5-4-18(11-26-20)19-12-23-8-9-25-19;1-3-2/h4-12H,13H2,1-3H3,(H,26,28,30);3H,1H2,2H3. The number of allylic oxidation sites excluding steroid dienone is 1. The normalized spacial score (nSPS) is 10.2. The summed E-state index contributed by atoms with van der Waals surface area (Å²) in [5, 5.41) is 2.84. The Morgan fingerprint density at radius 3 is 2.45 bits per heavy atom. The SMILES string of the molecule is C=CC.Cc1cc(-c2nc(C)n(CC(=O)Nc3ccc(-c4cnccn4)cn3)c2C)ccn1. The number of aromatic nitrogens is 6. The van der Waals surface area contributed by atoms with E-state index < -0.39 is 0 Å². The Labute approximate surface area is 193 Å². The minimum atomic E-state index is -0.171. The van der Waals surface area contributed by atoms with Gasteiger partial charge in [0.05, 0.1) is 17.6 Å². The minimum Gasteiger partial charge on any atom is -0.322 e. The second kappa shape index (κ2) is 10.9. The zero-order valence-corrected chi connectivity index (χ0v) is 19.3. The van der Waals surface area contributed by atoms with Crippen LogP contribution in [-0.4, -0.2) is 35.4 Å². The average Bonchev–Trinajstić information content (AvgIpc) is 3.09. The summed E-state index contributed by atoms with van der Waals surface area (Å²) in [6.07, 6.45) is 10.1. The number of anilines is 1. The van der Waals surface area contributed by atoms with Gasteiger partial charge in [0.15, 0.2) is 0 Å². The van der Waals surface area contributed by atoms with Crippen molar-refractivity contribution < 1.29 is 4.79 Å². The largest absolute Gasteiger partial charge is 0.322 e. The fourth-order valence-corrected chi connectivity index (χ4v) is 3.27. The quantitative estimate of drug-likeness (QED) is 0.456. The number of nitrogens with one attached hydrogen (secondary N) is 1. The number of carbonyl (C=O) groups is 1. The predicted octanol–water partition coefficient (Wildman–Crippen LogP) is 4.55. The monoisotopic (exact) mass is 441 g/mol. The van der Waals surface area contributed by atoms with Crippen molar-refractivity contribution in [2.45, 2.75) is 34.2 Å². The molecule has 8 heteroatoms. The van der Waals surface area contributed by atoms with Gasteiger partial charge in [-0.15, -0.1) is 6.58 Å². The van der Waals surface area contributed by atoms with Crippen LogP contribution in [0.4, 0.5) is 5.82 Å². The molecule has 1 N–H and O–H groups in total. The summed E-state index contributed by atoms with van der Waals surface area (Å²) in [5.74, 6) is 1.09. The average molecular weight is 442 g/mol. The van der Waals surface area contributed by atoms with Crippen molar-refractivity contribution >= 4 is 11.7 Å². The maximum absolute atomic E-state index is 12.6. The van der Waals surface area contributed by atoms with E-state index in [0.717, 1.165) is 39.7 Å². The van der Waals surface area contributed by atoms with Crippen molar-refractivity contribution in [1.29, 1.82) is 0 Å². The van der Waals surface area contributed by atoms with E-state index in [-0.39, 0.29) is 12.5 Å². The summed E-state index contributed by atoms with van der Waals surface area (Å²) in [4.78, 5) is 34.1. The van der Waals surface area contributed by atoms with Gasteiger partial charge in [0.2, 0.25) is 5.91 Å². The van der Waals surface area contributed by atoms with Crippen molar-refractivity contribution in [3.05, 3.63) is 85.1 Å². The lowest BCUT2D eigenvalue weighted by Crippen LogP contribution is -2.20. The molecule has 0 aromatic carbocycles. The lowest BCUT2D eigenvalue weighted by Gasteiger charge is -2.09. The Hall–Kier alpha value is -4.20. The topological polar surface area (TPSA) is 98.5 Å². The highest BCUT2D eigenvalue weighted by atomic mass is 16.2. The number of aryl methyl sites for hydroxylation is 2. The number of carbonyl (C=O) groups excluding carboxylic acids is 1. The van der Waals surface area contributed by atoms with Gasteiger partial charge in [-0.1, -0.05) is 6.08 Å². The third kappa shape index (κ3) is 5.94. The number of hydrogen-bond acceptors (Lipinski definition) is 6. The van der Waals surface area contributed by atoms with E-state index in [1.165, 1.54) is 0 Å². The van der Waals surface area contributed by atoms with Crippen LogP contribution in [0.5, 0.6) is 0 Å². The summed E-state index contributed by atoms with van der Waals surface area (Å²) in [7, 11) is 0. The molecule has 0 saturated heterocycles. The molecule has 0 spiro atoms. The van der Waals surface area contributed by atoms with Gasteiger partial charge in [-0.2, -0.15) is 0 Å². The smallest absolute Gasteiger partial charge is 0.245 e. The molecule has 168 valence electrons. The Morgan fingerprint density at radius 1 is 1.03 bits per heavy atom. The van der Waals surface area contributed by atoms with Gasteiger partial charge in [-0.25, -0.2) is 9.97 Å². The van der Waals surface area contributed by atoms with Crippen LogP contribution in [0.3, 0.4) is 0 Å². The number of imidazole rings is 1. The first kappa shape index (κ1) is 23.5. The zero-order valence-electron chi connectivity index (χ0n) is 19.3. The van der Waals surface area contributed by atoms with Crippen LogP contribution in [0.1, 0.15) is 24.1 Å². The van der Waals surface area contributed by atoms with Crippen LogP contribution in [0.25, 0.3) is 22.5 Å². The summed E-state index contributed by atoms with van der Waals surface area (Å²) in [6, 6.07) is 7.52. The van der Waals surface area contributed by atoms with E-state index in [1.54, 1.807) is 43.1 Å². The van der Waals surface area contributed by atoms with E-state index in [2.05, 4.69) is 36.8 Å². The summed E-state index contributed by atoms with van der Waals surface area (Å²) < 4.78 is 1.90. The van der Waals surface area contributed by atoms with E-state index in [0.29, 0.717) is 5.82 Å². The zero-order chi connectivity index (χ0) is 23.8. The highest BCUT2D eigenvalue weighted by Gasteiger charge is 2.15. The molecule has 4 heterocycles. The first-order valence-electron chi connectivity index (χ1n) is 10.5. The molecular formula is C25H27N7O. The number of hydrogen-bond donors (Lipinski definition) is 1. The summed E-state index contributed by atoms with van der Waals surface area (Å²) >= 11 is 0. The molecule has 0 fully saturated rings. The van der Waals surface area contributed by atoms with Gasteiger partial charge in [0, 0.05) is 47.3 Å². The number of pyridine rings is 2. The Balaban J connectivity index is 0.000000968. The second-order valence-electron chi connectivity index (χ2n) is 7.34. The van der Waals surface area contributed by atoms with Crippen LogP contribution < -0.4 is 5.32 Å². The molecule has 8 nitrogen and oxygen atoms in total. The third-order valence-electron chi connectivity index (χ3n) is 4.77. The van der Waals surface area contributed by atoms with Crippen LogP contribution in [0.15, 0.2) is 67.9 Å². The lowest BCUT2D eigenvalue weighted by atomic mass is 10.1. The molecule has 0 saturated carbocycles. The number of rotatable bonds is 5. The molecule has 4 rings (SSSR count). The van der Waals surface area contributed by atoms with Gasteiger partial charge in [-0.05, 0) is 52.0 Å². The van der Waals surface area contributed by atoms with Crippen molar-refractivity contribution in [3.63, 3.8) is 0 Å². The predicted molar refractivity (Wildman–Crippen MR) is 129 cm³/mol. The molecule has 1 amide bonds. The molecule has 4 aromatic heterocycles. The van der Waals surface area contributed by atoms with Gasteiger partial charge < -0.3 is 9.88 Å². The molecule has 0 aliphatic rings. The van der Waals surface area contributed by atoms with Crippen molar-refractivity contribution in [2.75, 3.05) is 5.32 Å². The fourth-order valence-electron chi connectivity index (χ4n) is 3.27. The Bertz CT molecular complexity index is 1230. The van der Waals surface area contributed by atoms with Gasteiger partial charge in [0.25, 0.3) is 0 Å². The molecule has 0 aliphatic heterocycles. The van der Waals surface area contributed by atoms with Crippen molar-refractivity contribution in [1.82, 2.24) is 29.5 Å². The Kier molecular flexibility index (Phi) is 7.75. The highest BCUT2D eigenvalue weighted by Crippen LogP contribution is 2.24. The van der Waals surface area contributed by atoms with Gasteiger partial charge >= 0.3 is 0 Å².